The van der Waals surface area contributed by atoms with Gasteiger partial charge in [0.1, 0.15) is 12.3 Å². The highest BCUT2D eigenvalue weighted by Gasteiger charge is 2.22. The number of carbonyl (C=O) groups excluding carboxylic acids is 1. The molecule has 0 bridgehead atoms. The normalized spacial score (nSPS) is 14.2. The van der Waals surface area contributed by atoms with Crippen molar-refractivity contribution in [2.75, 3.05) is 25.0 Å². The van der Waals surface area contributed by atoms with Crippen molar-refractivity contribution in [3.05, 3.63) is 33.9 Å². The number of hydrogen-bond acceptors (Lipinski definition) is 5. The Morgan fingerprint density at radius 3 is 2.90 bits per heavy atom. The van der Waals surface area contributed by atoms with Crippen LogP contribution in [-0.4, -0.2) is 35.6 Å². The van der Waals surface area contributed by atoms with Gasteiger partial charge < -0.3 is 15.0 Å². The topological polar surface area (TPSA) is 84.7 Å². The van der Waals surface area contributed by atoms with Crippen LogP contribution in [0.5, 0.6) is 0 Å². The van der Waals surface area contributed by atoms with Crippen LogP contribution in [0.2, 0.25) is 0 Å². The van der Waals surface area contributed by atoms with E-state index in [2.05, 4.69) is 5.32 Å². The maximum atomic E-state index is 11.4. The van der Waals surface area contributed by atoms with Gasteiger partial charge >= 0.3 is 6.09 Å². The first-order valence-corrected chi connectivity index (χ1v) is 6.54. The summed E-state index contributed by atoms with van der Waals surface area (Å²) in [5, 5.41) is 14.0. The molecule has 0 aliphatic carbocycles. The molecule has 7 heteroatoms. The summed E-state index contributed by atoms with van der Waals surface area (Å²) < 4.78 is 4.86. The molecule has 2 rings (SSSR count). The predicted molar refractivity (Wildman–Crippen MR) is 73.6 cm³/mol. The molecule has 0 unspecified atom stereocenters. The van der Waals surface area contributed by atoms with Gasteiger partial charge in [0.25, 0.3) is 5.69 Å². The van der Waals surface area contributed by atoms with Crippen LogP contribution in [0.1, 0.15) is 18.9 Å². The number of hydrogen-bond donors (Lipinski definition) is 1. The van der Waals surface area contributed by atoms with Gasteiger partial charge in [-0.3, -0.25) is 10.1 Å². The number of nitro benzene ring substituents is 1. The molecule has 1 heterocycles. The molecule has 1 aromatic carbocycles. The van der Waals surface area contributed by atoms with Gasteiger partial charge in [-0.1, -0.05) is 13.0 Å². The van der Waals surface area contributed by atoms with Crippen molar-refractivity contribution in [3.63, 3.8) is 0 Å². The van der Waals surface area contributed by atoms with E-state index in [1.54, 1.807) is 17.0 Å². The lowest BCUT2D eigenvalue weighted by molar-refractivity contribution is -0.384. The van der Waals surface area contributed by atoms with Crippen LogP contribution in [0, 0.1) is 10.1 Å². The SMILES string of the molecule is CCCNc1cc(CN2CCOC2=O)ccc1[N+](=O)[O-]. The van der Waals surface area contributed by atoms with E-state index < -0.39 is 4.92 Å². The third-order valence-electron chi connectivity index (χ3n) is 3.04. The highest BCUT2D eigenvalue weighted by atomic mass is 16.6. The standard InChI is InChI=1S/C13H17N3O4/c1-2-5-14-11-8-10(3-4-12(11)16(18)19)9-15-6-7-20-13(15)17/h3-4,8,14H,2,5-7,9H2,1H3. The van der Waals surface area contributed by atoms with Gasteiger partial charge in [-0.2, -0.15) is 0 Å². The molecule has 0 spiro atoms. The maximum absolute atomic E-state index is 11.4. The van der Waals surface area contributed by atoms with Crippen LogP contribution in [0.15, 0.2) is 18.2 Å². The quantitative estimate of drug-likeness (QED) is 0.638. The number of anilines is 1. The molecular formula is C13H17N3O4. The van der Waals surface area contributed by atoms with Crippen molar-refractivity contribution in [2.45, 2.75) is 19.9 Å². The van der Waals surface area contributed by atoms with Gasteiger partial charge in [-0.25, -0.2) is 4.79 Å². The van der Waals surface area contributed by atoms with Gasteiger partial charge in [-0.05, 0) is 18.1 Å². The molecular weight excluding hydrogens is 262 g/mol. The fourth-order valence-corrected chi connectivity index (χ4v) is 2.03. The average Bonchev–Trinajstić information content (AvgIpc) is 2.82. The second-order valence-corrected chi connectivity index (χ2v) is 4.57. The van der Waals surface area contributed by atoms with E-state index >= 15 is 0 Å². The zero-order chi connectivity index (χ0) is 14.5. The van der Waals surface area contributed by atoms with Crippen molar-refractivity contribution < 1.29 is 14.5 Å². The smallest absolute Gasteiger partial charge is 0.410 e. The zero-order valence-corrected chi connectivity index (χ0v) is 11.3. The third kappa shape index (κ3) is 3.17. The first kappa shape index (κ1) is 14.1. The molecule has 1 aromatic rings. The molecule has 1 N–H and O–H groups in total. The number of nitrogens with zero attached hydrogens (tertiary/aromatic N) is 2. The van der Waals surface area contributed by atoms with E-state index in [9.17, 15) is 14.9 Å². The molecule has 1 amide bonds. The number of carbonyl (C=O) groups is 1. The second kappa shape index (κ2) is 6.23. The van der Waals surface area contributed by atoms with E-state index in [1.807, 2.05) is 6.92 Å². The minimum atomic E-state index is -0.411. The molecule has 20 heavy (non-hydrogen) atoms. The van der Waals surface area contributed by atoms with Gasteiger partial charge in [0.05, 0.1) is 11.5 Å². The lowest BCUT2D eigenvalue weighted by atomic mass is 10.1. The number of benzene rings is 1. The van der Waals surface area contributed by atoms with Crippen molar-refractivity contribution in [3.8, 4) is 0 Å². The molecule has 0 atom stereocenters. The van der Waals surface area contributed by atoms with E-state index in [0.717, 1.165) is 12.0 Å². The Bertz CT molecular complexity index is 518. The fourth-order valence-electron chi connectivity index (χ4n) is 2.03. The first-order valence-electron chi connectivity index (χ1n) is 6.54. The Labute approximate surface area is 116 Å². The van der Waals surface area contributed by atoms with Crippen LogP contribution in [0.3, 0.4) is 0 Å². The van der Waals surface area contributed by atoms with Gasteiger partial charge in [0.15, 0.2) is 0 Å². The molecule has 0 radical (unpaired) electrons. The van der Waals surface area contributed by atoms with Crippen molar-refractivity contribution in [1.29, 1.82) is 0 Å². The summed E-state index contributed by atoms with van der Waals surface area (Å²) >= 11 is 0. The Kier molecular flexibility index (Phi) is 4.39. The Morgan fingerprint density at radius 1 is 1.50 bits per heavy atom. The summed E-state index contributed by atoms with van der Waals surface area (Å²) in [6, 6.07) is 4.86. The summed E-state index contributed by atoms with van der Waals surface area (Å²) in [6.45, 7) is 4.00. The number of rotatable bonds is 6. The molecule has 0 aromatic heterocycles. The molecule has 1 aliphatic heterocycles. The van der Waals surface area contributed by atoms with Gasteiger partial charge in [0.2, 0.25) is 0 Å². The highest BCUT2D eigenvalue weighted by Crippen LogP contribution is 2.26. The van der Waals surface area contributed by atoms with Gasteiger partial charge in [0, 0.05) is 19.2 Å². The number of nitrogens with one attached hydrogen (secondary N) is 1. The van der Waals surface area contributed by atoms with E-state index in [1.165, 1.54) is 6.07 Å². The molecule has 108 valence electrons. The largest absolute Gasteiger partial charge is 0.448 e. The molecule has 0 saturated carbocycles. The number of cyclic esters (lactones) is 1. The number of nitro groups is 1. The Hall–Kier alpha value is -2.31. The van der Waals surface area contributed by atoms with Crippen molar-refractivity contribution >= 4 is 17.5 Å². The number of amides is 1. The lowest BCUT2D eigenvalue weighted by Crippen LogP contribution is -2.23. The summed E-state index contributed by atoms with van der Waals surface area (Å²) in [4.78, 5) is 23.5. The Balaban J connectivity index is 2.17. The minimum absolute atomic E-state index is 0.0474. The van der Waals surface area contributed by atoms with Gasteiger partial charge in [-0.15, -0.1) is 0 Å². The molecule has 1 aliphatic rings. The van der Waals surface area contributed by atoms with E-state index in [0.29, 0.717) is 31.9 Å². The van der Waals surface area contributed by atoms with E-state index in [-0.39, 0.29) is 11.8 Å². The van der Waals surface area contributed by atoms with E-state index in [4.69, 9.17) is 4.74 Å². The molecule has 7 nitrogen and oxygen atoms in total. The highest BCUT2D eigenvalue weighted by molar-refractivity contribution is 5.69. The predicted octanol–water partition coefficient (Wildman–Crippen LogP) is 2.37. The Morgan fingerprint density at radius 2 is 2.30 bits per heavy atom. The lowest BCUT2D eigenvalue weighted by Gasteiger charge is -2.14. The van der Waals surface area contributed by atoms with Crippen LogP contribution in [0.25, 0.3) is 0 Å². The zero-order valence-electron chi connectivity index (χ0n) is 11.3. The second-order valence-electron chi connectivity index (χ2n) is 4.57. The summed E-state index contributed by atoms with van der Waals surface area (Å²) in [6.07, 6.45) is 0.534. The van der Waals surface area contributed by atoms with Crippen LogP contribution in [-0.2, 0) is 11.3 Å². The van der Waals surface area contributed by atoms with Crippen LogP contribution in [0.4, 0.5) is 16.2 Å². The van der Waals surface area contributed by atoms with Crippen LogP contribution >= 0.6 is 0 Å². The molecule has 1 saturated heterocycles. The minimum Gasteiger partial charge on any atom is -0.448 e. The first-order chi connectivity index (χ1) is 9.61. The average molecular weight is 279 g/mol. The van der Waals surface area contributed by atoms with Crippen LogP contribution < -0.4 is 5.32 Å². The van der Waals surface area contributed by atoms with Crippen molar-refractivity contribution in [2.24, 2.45) is 0 Å². The fraction of sp³-hybridized carbons (Fsp3) is 0.462. The monoisotopic (exact) mass is 279 g/mol. The maximum Gasteiger partial charge on any atom is 0.410 e. The summed E-state index contributed by atoms with van der Waals surface area (Å²) in [5.74, 6) is 0. The molecule has 1 fully saturated rings. The summed E-state index contributed by atoms with van der Waals surface area (Å²) in [7, 11) is 0. The third-order valence-corrected chi connectivity index (χ3v) is 3.04. The number of ether oxygens (including phenoxy) is 1. The summed E-state index contributed by atoms with van der Waals surface area (Å²) in [5.41, 5.74) is 1.38. The van der Waals surface area contributed by atoms with Crippen molar-refractivity contribution in [1.82, 2.24) is 4.90 Å².